The maximum Gasteiger partial charge on any atom is 0.255 e. The molecular weight excluding hydrogens is 188 g/mol. The van der Waals surface area contributed by atoms with Crippen LogP contribution in [-0.2, 0) is 6.54 Å². The van der Waals surface area contributed by atoms with E-state index in [1.165, 1.54) is 12.8 Å². The third-order valence-electron chi connectivity index (χ3n) is 3.14. The third-order valence-corrected chi connectivity index (χ3v) is 3.14. The SMILES string of the molecule is CNCc1cccn(C2CCCC2)c1=O. The van der Waals surface area contributed by atoms with Crippen molar-refractivity contribution < 1.29 is 0 Å². The summed E-state index contributed by atoms with van der Waals surface area (Å²) >= 11 is 0. The molecule has 1 saturated carbocycles. The second-order valence-electron chi connectivity index (χ2n) is 4.21. The highest BCUT2D eigenvalue weighted by molar-refractivity contribution is 5.11. The van der Waals surface area contributed by atoms with Crippen LogP contribution in [0.5, 0.6) is 0 Å². The van der Waals surface area contributed by atoms with Crippen molar-refractivity contribution in [3.63, 3.8) is 0 Å². The number of nitrogens with zero attached hydrogens (tertiary/aromatic N) is 1. The molecule has 1 aromatic rings. The number of aromatic nitrogens is 1. The molecule has 0 atom stereocenters. The molecule has 0 amide bonds. The quantitative estimate of drug-likeness (QED) is 0.816. The van der Waals surface area contributed by atoms with Crippen LogP contribution in [0, 0.1) is 0 Å². The van der Waals surface area contributed by atoms with Gasteiger partial charge in [-0.15, -0.1) is 0 Å². The molecule has 0 aliphatic heterocycles. The van der Waals surface area contributed by atoms with Gasteiger partial charge in [-0.3, -0.25) is 4.79 Å². The Kier molecular flexibility index (Phi) is 3.21. The van der Waals surface area contributed by atoms with Gasteiger partial charge in [0.05, 0.1) is 0 Å². The van der Waals surface area contributed by atoms with Crippen LogP contribution in [0.15, 0.2) is 23.1 Å². The predicted octanol–water partition coefficient (Wildman–Crippen LogP) is 1.68. The van der Waals surface area contributed by atoms with E-state index in [1.807, 2.05) is 29.9 Å². The molecule has 15 heavy (non-hydrogen) atoms. The van der Waals surface area contributed by atoms with Crippen molar-refractivity contribution >= 4 is 0 Å². The smallest absolute Gasteiger partial charge is 0.255 e. The highest BCUT2D eigenvalue weighted by Gasteiger charge is 2.18. The minimum absolute atomic E-state index is 0.179. The zero-order chi connectivity index (χ0) is 10.7. The van der Waals surface area contributed by atoms with E-state index in [2.05, 4.69) is 5.32 Å². The molecule has 0 aromatic carbocycles. The maximum absolute atomic E-state index is 12.1. The molecule has 0 unspecified atom stereocenters. The zero-order valence-corrected chi connectivity index (χ0v) is 9.20. The summed E-state index contributed by atoms with van der Waals surface area (Å²) in [7, 11) is 1.87. The minimum atomic E-state index is 0.179. The summed E-state index contributed by atoms with van der Waals surface area (Å²) in [4.78, 5) is 12.1. The first-order chi connectivity index (χ1) is 7.33. The third kappa shape index (κ3) is 2.12. The summed E-state index contributed by atoms with van der Waals surface area (Å²) in [6.45, 7) is 0.659. The van der Waals surface area contributed by atoms with E-state index in [0.717, 1.165) is 18.4 Å². The highest BCUT2D eigenvalue weighted by Crippen LogP contribution is 2.27. The fourth-order valence-corrected chi connectivity index (χ4v) is 2.35. The lowest BCUT2D eigenvalue weighted by Gasteiger charge is -2.14. The fraction of sp³-hybridized carbons (Fsp3) is 0.583. The Hall–Kier alpha value is -1.09. The molecule has 1 aromatic heterocycles. The Morgan fingerprint density at radius 2 is 2.20 bits per heavy atom. The van der Waals surface area contributed by atoms with Crippen molar-refractivity contribution in [3.05, 3.63) is 34.2 Å². The van der Waals surface area contributed by atoms with E-state index in [4.69, 9.17) is 0 Å². The zero-order valence-electron chi connectivity index (χ0n) is 9.20. The largest absolute Gasteiger partial charge is 0.315 e. The number of pyridine rings is 1. The summed E-state index contributed by atoms with van der Waals surface area (Å²) in [6, 6.07) is 4.32. The summed E-state index contributed by atoms with van der Waals surface area (Å²) in [6.07, 6.45) is 6.75. The molecule has 82 valence electrons. The van der Waals surface area contributed by atoms with Gasteiger partial charge in [0.15, 0.2) is 0 Å². The fourth-order valence-electron chi connectivity index (χ4n) is 2.35. The van der Waals surface area contributed by atoms with Gasteiger partial charge in [-0.25, -0.2) is 0 Å². The second-order valence-corrected chi connectivity index (χ2v) is 4.21. The molecule has 1 aliphatic rings. The average Bonchev–Trinajstić information content (AvgIpc) is 2.74. The van der Waals surface area contributed by atoms with Crippen molar-refractivity contribution in [2.24, 2.45) is 0 Å². The molecule has 3 nitrogen and oxygen atoms in total. The van der Waals surface area contributed by atoms with E-state index in [1.54, 1.807) is 0 Å². The Morgan fingerprint density at radius 1 is 1.47 bits per heavy atom. The monoisotopic (exact) mass is 206 g/mol. The van der Waals surface area contributed by atoms with Gasteiger partial charge in [0.1, 0.15) is 0 Å². The van der Waals surface area contributed by atoms with Crippen molar-refractivity contribution in [3.8, 4) is 0 Å². The number of hydrogen-bond donors (Lipinski definition) is 1. The first-order valence-corrected chi connectivity index (χ1v) is 5.67. The van der Waals surface area contributed by atoms with E-state index in [9.17, 15) is 4.79 Å². The van der Waals surface area contributed by atoms with Crippen molar-refractivity contribution in [1.82, 2.24) is 9.88 Å². The normalized spacial score (nSPS) is 17.1. The lowest BCUT2D eigenvalue weighted by Crippen LogP contribution is -2.27. The van der Waals surface area contributed by atoms with Gasteiger partial charge in [0.2, 0.25) is 0 Å². The van der Waals surface area contributed by atoms with Gasteiger partial charge < -0.3 is 9.88 Å². The van der Waals surface area contributed by atoms with Gasteiger partial charge >= 0.3 is 0 Å². The van der Waals surface area contributed by atoms with Crippen molar-refractivity contribution in [2.75, 3.05) is 7.05 Å². The molecule has 1 aliphatic carbocycles. The molecule has 0 radical (unpaired) electrons. The summed E-state index contributed by atoms with van der Waals surface area (Å²) in [5.74, 6) is 0. The van der Waals surface area contributed by atoms with Gasteiger partial charge in [0, 0.05) is 24.3 Å². The van der Waals surface area contributed by atoms with Gasteiger partial charge in [-0.2, -0.15) is 0 Å². The standard InChI is InChI=1S/C12H18N2O/c1-13-9-10-5-4-8-14(12(10)15)11-6-2-3-7-11/h4-5,8,11,13H,2-3,6-7,9H2,1H3. The lowest BCUT2D eigenvalue weighted by molar-refractivity contribution is 0.498. The van der Waals surface area contributed by atoms with Crippen LogP contribution in [0.1, 0.15) is 37.3 Å². The summed E-state index contributed by atoms with van der Waals surface area (Å²) < 4.78 is 1.92. The first kappa shape index (κ1) is 10.4. The Balaban J connectivity index is 2.30. The van der Waals surface area contributed by atoms with Crippen LogP contribution in [0.25, 0.3) is 0 Å². The number of hydrogen-bond acceptors (Lipinski definition) is 2. The predicted molar refractivity (Wildman–Crippen MR) is 61.0 cm³/mol. The molecule has 1 fully saturated rings. The summed E-state index contributed by atoms with van der Waals surface area (Å²) in [5, 5.41) is 3.03. The van der Waals surface area contributed by atoms with E-state index in [0.29, 0.717) is 12.6 Å². The van der Waals surface area contributed by atoms with Crippen molar-refractivity contribution in [1.29, 1.82) is 0 Å². The van der Waals surface area contributed by atoms with Crippen LogP contribution in [0.3, 0.4) is 0 Å². The molecule has 0 saturated heterocycles. The molecule has 2 rings (SSSR count). The average molecular weight is 206 g/mol. The van der Waals surface area contributed by atoms with Crippen LogP contribution in [0.2, 0.25) is 0 Å². The topological polar surface area (TPSA) is 34.0 Å². The van der Waals surface area contributed by atoms with Crippen molar-refractivity contribution in [2.45, 2.75) is 38.3 Å². The highest BCUT2D eigenvalue weighted by atomic mass is 16.1. The number of rotatable bonds is 3. The Bertz CT molecular complexity index is 377. The molecule has 1 N–H and O–H groups in total. The first-order valence-electron chi connectivity index (χ1n) is 5.67. The van der Waals surface area contributed by atoms with Gasteiger partial charge in [-0.1, -0.05) is 18.9 Å². The van der Waals surface area contributed by atoms with E-state index < -0.39 is 0 Å². The summed E-state index contributed by atoms with van der Waals surface area (Å²) in [5.41, 5.74) is 1.05. The molecular formula is C12H18N2O. The maximum atomic E-state index is 12.1. The molecule has 3 heteroatoms. The van der Waals surface area contributed by atoms with Gasteiger partial charge in [0.25, 0.3) is 5.56 Å². The lowest BCUT2D eigenvalue weighted by atomic mass is 10.2. The molecule has 1 heterocycles. The molecule has 0 bridgehead atoms. The van der Waals surface area contributed by atoms with E-state index in [-0.39, 0.29) is 5.56 Å². The Morgan fingerprint density at radius 3 is 2.87 bits per heavy atom. The molecule has 0 spiro atoms. The van der Waals surface area contributed by atoms with Crippen LogP contribution >= 0.6 is 0 Å². The van der Waals surface area contributed by atoms with E-state index >= 15 is 0 Å². The second kappa shape index (κ2) is 4.62. The van der Waals surface area contributed by atoms with Crippen LogP contribution in [-0.4, -0.2) is 11.6 Å². The van der Waals surface area contributed by atoms with Crippen LogP contribution in [0.4, 0.5) is 0 Å². The van der Waals surface area contributed by atoms with Gasteiger partial charge in [-0.05, 0) is 26.0 Å². The number of nitrogens with one attached hydrogen (secondary N) is 1. The minimum Gasteiger partial charge on any atom is -0.315 e. The van der Waals surface area contributed by atoms with Crippen LogP contribution < -0.4 is 10.9 Å². The Labute approximate surface area is 90.1 Å².